The molecule has 2 aromatic carbocycles. The topological polar surface area (TPSA) is 138 Å². The number of nitrogens with one attached hydrogen (secondary N) is 1. The summed E-state index contributed by atoms with van der Waals surface area (Å²) in [4.78, 5) is 36.9. The van der Waals surface area contributed by atoms with Crippen LogP contribution < -0.4 is 10.1 Å². The minimum Gasteiger partial charge on any atom is -0.494 e. The predicted octanol–water partition coefficient (Wildman–Crippen LogP) is 3.76. The Hall–Kier alpha value is -3.60. The Morgan fingerprint density at radius 1 is 1.15 bits per heavy atom. The summed E-state index contributed by atoms with van der Waals surface area (Å²) in [6.07, 6.45) is 0. The molecule has 1 heterocycles. The van der Waals surface area contributed by atoms with Gasteiger partial charge in [0.15, 0.2) is 5.13 Å². The number of carbonyl (C=O) groups is 1. The Kier molecular flexibility index (Phi) is 4.94. The number of nitro groups is 2. The molecule has 0 aliphatic rings. The van der Waals surface area contributed by atoms with Crippen LogP contribution in [-0.4, -0.2) is 27.3 Å². The number of rotatable bonds is 6. The van der Waals surface area contributed by atoms with Gasteiger partial charge in [-0.25, -0.2) is 4.98 Å². The third-order valence-corrected chi connectivity index (χ3v) is 4.41. The van der Waals surface area contributed by atoms with E-state index in [-0.39, 0.29) is 10.7 Å². The molecule has 0 saturated heterocycles. The molecule has 27 heavy (non-hydrogen) atoms. The summed E-state index contributed by atoms with van der Waals surface area (Å²) >= 11 is 1.19. The van der Waals surface area contributed by atoms with Crippen LogP contribution in [0.4, 0.5) is 16.5 Å². The number of non-ortho nitro benzene ring substituents is 2. The minimum atomic E-state index is -0.795. The van der Waals surface area contributed by atoms with Crippen molar-refractivity contribution >= 4 is 44.0 Å². The molecule has 10 nitrogen and oxygen atoms in total. The van der Waals surface area contributed by atoms with E-state index in [0.29, 0.717) is 17.9 Å². The number of fused-ring (bicyclic) bond motifs is 1. The number of nitrogens with zero attached hydrogens (tertiary/aromatic N) is 3. The van der Waals surface area contributed by atoms with Crippen LogP contribution in [0.25, 0.3) is 10.2 Å². The summed E-state index contributed by atoms with van der Waals surface area (Å²) < 4.78 is 6.19. The maximum Gasteiger partial charge on any atom is 0.277 e. The first-order valence-electron chi connectivity index (χ1n) is 7.66. The lowest BCUT2D eigenvalue weighted by atomic mass is 10.1. The fraction of sp³-hybridized carbons (Fsp3) is 0.125. The van der Waals surface area contributed by atoms with E-state index in [4.69, 9.17) is 4.74 Å². The lowest BCUT2D eigenvalue weighted by molar-refractivity contribution is -0.394. The molecule has 0 bridgehead atoms. The first-order chi connectivity index (χ1) is 12.9. The zero-order valence-electron chi connectivity index (χ0n) is 13.9. The highest BCUT2D eigenvalue weighted by Gasteiger charge is 2.20. The average Bonchev–Trinajstić information content (AvgIpc) is 3.02. The summed E-state index contributed by atoms with van der Waals surface area (Å²) in [5, 5.41) is 24.7. The largest absolute Gasteiger partial charge is 0.494 e. The molecule has 0 atom stereocenters. The van der Waals surface area contributed by atoms with Crippen LogP contribution in [0.15, 0.2) is 36.4 Å². The standard InChI is InChI=1S/C16H12N4O6S/c1-2-26-12-3-4-13-14(8-12)27-16(17-13)18-15(21)9-5-10(19(22)23)7-11(6-9)20(24)25/h3-8H,2H2,1H3,(H,17,18,21). The Balaban J connectivity index is 1.89. The van der Waals surface area contributed by atoms with E-state index in [2.05, 4.69) is 10.3 Å². The van der Waals surface area contributed by atoms with Crippen molar-refractivity contribution in [1.82, 2.24) is 4.98 Å². The van der Waals surface area contributed by atoms with Gasteiger partial charge in [-0.3, -0.25) is 30.3 Å². The SMILES string of the molecule is CCOc1ccc2nc(NC(=O)c3cc([N+](=O)[O-])cc([N+](=O)[O-])c3)sc2c1. The normalized spacial score (nSPS) is 10.6. The lowest BCUT2D eigenvalue weighted by Gasteiger charge is -2.02. The number of benzene rings is 2. The highest BCUT2D eigenvalue weighted by atomic mass is 32.1. The van der Waals surface area contributed by atoms with E-state index < -0.39 is 27.1 Å². The van der Waals surface area contributed by atoms with Crippen LogP contribution >= 0.6 is 11.3 Å². The summed E-state index contributed by atoms with van der Waals surface area (Å²) in [7, 11) is 0. The van der Waals surface area contributed by atoms with Crippen molar-refractivity contribution < 1.29 is 19.4 Å². The van der Waals surface area contributed by atoms with Crippen molar-refractivity contribution in [2.45, 2.75) is 6.92 Å². The number of thiazole rings is 1. The second kappa shape index (κ2) is 7.33. The molecule has 0 spiro atoms. The second-order valence-electron chi connectivity index (χ2n) is 5.29. The van der Waals surface area contributed by atoms with Gasteiger partial charge in [0.1, 0.15) is 5.75 Å². The van der Waals surface area contributed by atoms with Gasteiger partial charge < -0.3 is 4.74 Å². The van der Waals surface area contributed by atoms with E-state index in [1.165, 1.54) is 11.3 Å². The molecule has 0 unspecified atom stereocenters. The number of ether oxygens (including phenoxy) is 1. The van der Waals surface area contributed by atoms with Crippen LogP contribution in [-0.2, 0) is 0 Å². The molecule has 1 N–H and O–H groups in total. The summed E-state index contributed by atoms with van der Waals surface area (Å²) in [6, 6.07) is 8.02. The fourth-order valence-electron chi connectivity index (χ4n) is 2.32. The van der Waals surface area contributed by atoms with Gasteiger partial charge in [-0.15, -0.1) is 0 Å². The van der Waals surface area contributed by atoms with Gasteiger partial charge in [-0.1, -0.05) is 11.3 Å². The number of carbonyl (C=O) groups excluding carboxylic acids is 1. The number of hydrogen-bond acceptors (Lipinski definition) is 8. The third kappa shape index (κ3) is 3.98. The van der Waals surface area contributed by atoms with E-state index in [1.54, 1.807) is 18.2 Å². The van der Waals surface area contributed by atoms with Crippen molar-refractivity contribution in [2.75, 3.05) is 11.9 Å². The zero-order chi connectivity index (χ0) is 19.6. The van der Waals surface area contributed by atoms with Crippen molar-refractivity contribution in [3.05, 3.63) is 62.2 Å². The Bertz CT molecular complexity index is 1030. The minimum absolute atomic E-state index is 0.204. The maximum absolute atomic E-state index is 12.4. The summed E-state index contributed by atoms with van der Waals surface area (Å²) in [6.45, 7) is 2.38. The molecule has 0 saturated carbocycles. The van der Waals surface area contributed by atoms with Gasteiger partial charge in [0.05, 0.1) is 38.3 Å². The fourth-order valence-corrected chi connectivity index (χ4v) is 3.21. The van der Waals surface area contributed by atoms with Crippen LogP contribution in [0, 0.1) is 20.2 Å². The summed E-state index contributed by atoms with van der Waals surface area (Å²) in [5.41, 5.74) is -0.644. The summed E-state index contributed by atoms with van der Waals surface area (Å²) in [5.74, 6) is -0.0632. The van der Waals surface area contributed by atoms with E-state index >= 15 is 0 Å². The number of aromatic nitrogens is 1. The Morgan fingerprint density at radius 2 is 1.81 bits per heavy atom. The first-order valence-corrected chi connectivity index (χ1v) is 8.47. The Morgan fingerprint density at radius 3 is 2.41 bits per heavy atom. The van der Waals surface area contributed by atoms with Gasteiger partial charge in [-0.2, -0.15) is 0 Å². The van der Waals surface area contributed by atoms with Crippen LogP contribution in [0.1, 0.15) is 17.3 Å². The van der Waals surface area contributed by atoms with E-state index in [9.17, 15) is 25.0 Å². The predicted molar refractivity (Wildman–Crippen MR) is 98.5 cm³/mol. The van der Waals surface area contributed by atoms with E-state index in [1.807, 2.05) is 6.92 Å². The molecule has 0 fully saturated rings. The molecule has 138 valence electrons. The Labute approximate surface area is 155 Å². The quantitative estimate of drug-likeness (QED) is 0.501. The number of nitro benzene ring substituents is 2. The third-order valence-electron chi connectivity index (χ3n) is 3.48. The van der Waals surface area contributed by atoms with Gasteiger partial charge >= 0.3 is 0 Å². The van der Waals surface area contributed by atoms with Gasteiger partial charge in [0.25, 0.3) is 17.3 Å². The molecule has 1 aromatic heterocycles. The van der Waals surface area contributed by atoms with Crippen LogP contribution in [0.3, 0.4) is 0 Å². The van der Waals surface area contributed by atoms with Crippen LogP contribution in [0.2, 0.25) is 0 Å². The molecule has 3 aromatic rings. The van der Waals surface area contributed by atoms with Crippen molar-refractivity contribution in [3.63, 3.8) is 0 Å². The van der Waals surface area contributed by atoms with Crippen molar-refractivity contribution in [3.8, 4) is 5.75 Å². The van der Waals surface area contributed by atoms with Crippen molar-refractivity contribution in [1.29, 1.82) is 0 Å². The van der Waals surface area contributed by atoms with Crippen LogP contribution in [0.5, 0.6) is 5.75 Å². The molecule has 0 radical (unpaired) electrons. The zero-order valence-corrected chi connectivity index (χ0v) is 14.7. The lowest BCUT2D eigenvalue weighted by Crippen LogP contribution is -2.12. The van der Waals surface area contributed by atoms with Gasteiger partial charge in [-0.05, 0) is 25.1 Å². The second-order valence-corrected chi connectivity index (χ2v) is 6.32. The highest BCUT2D eigenvalue weighted by Crippen LogP contribution is 2.30. The molecule has 11 heteroatoms. The molecule has 0 aliphatic heterocycles. The number of amides is 1. The molecule has 3 rings (SSSR count). The van der Waals surface area contributed by atoms with Gasteiger partial charge in [0, 0.05) is 12.1 Å². The van der Waals surface area contributed by atoms with Crippen molar-refractivity contribution in [2.24, 2.45) is 0 Å². The smallest absolute Gasteiger partial charge is 0.277 e. The molecule has 0 aliphatic carbocycles. The first kappa shape index (κ1) is 18.2. The number of anilines is 1. The molecular weight excluding hydrogens is 376 g/mol. The maximum atomic E-state index is 12.4. The van der Waals surface area contributed by atoms with E-state index in [0.717, 1.165) is 22.9 Å². The number of hydrogen-bond donors (Lipinski definition) is 1. The molecule has 1 amide bonds. The monoisotopic (exact) mass is 388 g/mol. The highest BCUT2D eigenvalue weighted by molar-refractivity contribution is 7.22. The average molecular weight is 388 g/mol. The van der Waals surface area contributed by atoms with Gasteiger partial charge in [0.2, 0.25) is 0 Å². The molecular formula is C16H12N4O6S.